The van der Waals surface area contributed by atoms with Gasteiger partial charge in [-0.1, -0.05) is 19.8 Å². The van der Waals surface area contributed by atoms with E-state index in [0.717, 1.165) is 0 Å². The van der Waals surface area contributed by atoms with Crippen LogP contribution in [0.5, 0.6) is 0 Å². The van der Waals surface area contributed by atoms with Crippen LogP contribution < -0.4 is 10.5 Å². The summed E-state index contributed by atoms with van der Waals surface area (Å²) in [6, 6.07) is 0. The maximum Gasteiger partial charge on any atom is 0.277 e. The zero-order valence-electron chi connectivity index (χ0n) is 10.6. The molecular weight excluding hydrogens is 232 g/mol. The van der Waals surface area contributed by atoms with Crippen molar-refractivity contribution < 1.29 is 5.11 Å². The molecule has 2 heterocycles. The molecule has 6 nitrogen and oxygen atoms in total. The standard InChI is InChI=1S/C12H16N4O2/c1-4-5-15-6-7-16-10(18)9(12(2,3)8-17)13-14-11(15)16/h1,17H,5-8H2,2-3H3. The highest BCUT2D eigenvalue weighted by atomic mass is 16.3. The molecule has 0 spiro atoms. The second kappa shape index (κ2) is 4.42. The largest absolute Gasteiger partial charge is 0.395 e. The van der Waals surface area contributed by atoms with Crippen LogP contribution in [0.2, 0.25) is 0 Å². The molecule has 2 rings (SSSR count). The fourth-order valence-corrected chi connectivity index (χ4v) is 1.93. The van der Waals surface area contributed by atoms with Gasteiger partial charge >= 0.3 is 0 Å². The Morgan fingerprint density at radius 3 is 2.78 bits per heavy atom. The molecule has 1 aliphatic heterocycles. The number of fused-ring (bicyclic) bond motifs is 1. The van der Waals surface area contributed by atoms with Crippen molar-refractivity contribution in [2.24, 2.45) is 0 Å². The Hall–Kier alpha value is -1.87. The van der Waals surface area contributed by atoms with Crippen molar-refractivity contribution in [3.05, 3.63) is 16.0 Å². The molecule has 1 aromatic heterocycles. The lowest BCUT2D eigenvalue weighted by Gasteiger charge is -2.20. The van der Waals surface area contributed by atoms with Gasteiger partial charge in [0.15, 0.2) is 0 Å². The van der Waals surface area contributed by atoms with E-state index in [9.17, 15) is 9.90 Å². The molecule has 0 radical (unpaired) electrons. The highest BCUT2D eigenvalue weighted by molar-refractivity contribution is 5.36. The van der Waals surface area contributed by atoms with E-state index in [-0.39, 0.29) is 17.9 Å². The molecule has 0 saturated carbocycles. The van der Waals surface area contributed by atoms with Gasteiger partial charge in [-0.25, -0.2) is 0 Å². The Labute approximate surface area is 105 Å². The minimum absolute atomic E-state index is 0.148. The van der Waals surface area contributed by atoms with Crippen LogP contribution in [0.4, 0.5) is 5.95 Å². The summed E-state index contributed by atoms with van der Waals surface area (Å²) in [4.78, 5) is 14.1. The highest BCUT2D eigenvalue weighted by Crippen LogP contribution is 2.20. The van der Waals surface area contributed by atoms with Gasteiger partial charge in [-0.15, -0.1) is 16.6 Å². The average Bonchev–Trinajstić information content (AvgIpc) is 2.74. The first kappa shape index (κ1) is 12.6. The van der Waals surface area contributed by atoms with E-state index < -0.39 is 5.41 Å². The van der Waals surface area contributed by atoms with Gasteiger partial charge in [0.1, 0.15) is 5.69 Å². The van der Waals surface area contributed by atoms with Crippen LogP contribution in [-0.4, -0.2) is 39.6 Å². The molecule has 0 amide bonds. The number of anilines is 1. The summed E-state index contributed by atoms with van der Waals surface area (Å²) in [6.07, 6.45) is 5.26. The first-order valence-electron chi connectivity index (χ1n) is 5.78. The van der Waals surface area contributed by atoms with Gasteiger partial charge in [-0.05, 0) is 0 Å². The minimum Gasteiger partial charge on any atom is -0.395 e. The Kier molecular flexibility index (Phi) is 3.09. The summed E-state index contributed by atoms with van der Waals surface area (Å²) < 4.78 is 1.57. The van der Waals surface area contributed by atoms with Crippen LogP contribution in [0.15, 0.2) is 4.79 Å². The SMILES string of the molecule is C#CCN1CCn2c1nnc(C(C)(C)CO)c2=O. The summed E-state index contributed by atoms with van der Waals surface area (Å²) in [5, 5.41) is 17.3. The molecule has 18 heavy (non-hydrogen) atoms. The van der Waals surface area contributed by atoms with Gasteiger partial charge in [0.2, 0.25) is 5.95 Å². The van der Waals surface area contributed by atoms with Crippen molar-refractivity contribution in [2.45, 2.75) is 25.8 Å². The fourth-order valence-electron chi connectivity index (χ4n) is 1.93. The molecule has 0 saturated heterocycles. The first-order chi connectivity index (χ1) is 8.51. The lowest BCUT2D eigenvalue weighted by atomic mass is 9.91. The van der Waals surface area contributed by atoms with E-state index in [1.54, 1.807) is 18.4 Å². The molecule has 1 aromatic rings. The molecule has 1 N–H and O–H groups in total. The van der Waals surface area contributed by atoms with Crippen molar-refractivity contribution in [3.8, 4) is 12.3 Å². The van der Waals surface area contributed by atoms with Gasteiger partial charge in [0, 0.05) is 18.5 Å². The maximum absolute atomic E-state index is 12.3. The highest BCUT2D eigenvalue weighted by Gasteiger charge is 2.30. The lowest BCUT2D eigenvalue weighted by molar-refractivity contribution is 0.212. The number of rotatable bonds is 3. The lowest BCUT2D eigenvalue weighted by Crippen LogP contribution is -2.36. The van der Waals surface area contributed by atoms with Gasteiger partial charge in [-0.3, -0.25) is 9.36 Å². The van der Waals surface area contributed by atoms with Crippen molar-refractivity contribution in [2.75, 3.05) is 24.6 Å². The summed E-state index contributed by atoms with van der Waals surface area (Å²) in [5.41, 5.74) is -0.596. The number of aliphatic hydroxyl groups is 1. The fraction of sp³-hybridized carbons (Fsp3) is 0.583. The van der Waals surface area contributed by atoms with Gasteiger partial charge in [0.05, 0.1) is 13.2 Å². The predicted molar refractivity (Wildman–Crippen MR) is 67.4 cm³/mol. The molecule has 0 atom stereocenters. The van der Waals surface area contributed by atoms with Crippen molar-refractivity contribution in [1.29, 1.82) is 0 Å². The van der Waals surface area contributed by atoms with E-state index in [1.165, 1.54) is 0 Å². The summed E-state index contributed by atoms with van der Waals surface area (Å²) in [7, 11) is 0. The second-order valence-corrected chi connectivity index (χ2v) is 4.97. The normalized spacial score (nSPS) is 14.4. The molecular formula is C12H16N4O2. The van der Waals surface area contributed by atoms with Crippen molar-refractivity contribution >= 4 is 5.95 Å². The summed E-state index contributed by atoms with van der Waals surface area (Å²) >= 11 is 0. The third-order valence-corrected chi connectivity index (χ3v) is 3.12. The summed E-state index contributed by atoms with van der Waals surface area (Å²) in [6.45, 7) is 5.01. The van der Waals surface area contributed by atoms with E-state index in [1.807, 2.05) is 4.90 Å². The van der Waals surface area contributed by atoms with Crippen LogP contribution in [-0.2, 0) is 12.0 Å². The van der Waals surface area contributed by atoms with Crippen LogP contribution in [0, 0.1) is 12.3 Å². The number of hydrogen-bond acceptors (Lipinski definition) is 5. The van der Waals surface area contributed by atoms with E-state index in [2.05, 4.69) is 16.1 Å². The van der Waals surface area contributed by atoms with Crippen LogP contribution in [0.25, 0.3) is 0 Å². The number of nitrogens with zero attached hydrogens (tertiary/aromatic N) is 4. The predicted octanol–water partition coefficient (Wildman–Crippen LogP) is -0.639. The topological polar surface area (TPSA) is 71.2 Å². The zero-order chi connectivity index (χ0) is 13.3. The number of aromatic nitrogens is 3. The Bertz CT molecular complexity index is 556. The molecule has 0 aromatic carbocycles. The third-order valence-electron chi connectivity index (χ3n) is 3.12. The number of aliphatic hydroxyl groups excluding tert-OH is 1. The van der Waals surface area contributed by atoms with Crippen molar-refractivity contribution in [1.82, 2.24) is 14.8 Å². The van der Waals surface area contributed by atoms with Crippen LogP contribution in [0.3, 0.4) is 0 Å². The summed E-state index contributed by atoms with van der Waals surface area (Å²) in [5.74, 6) is 3.04. The molecule has 0 unspecified atom stereocenters. The Morgan fingerprint density at radius 2 is 2.17 bits per heavy atom. The Morgan fingerprint density at radius 1 is 1.44 bits per heavy atom. The van der Waals surface area contributed by atoms with E-state index in [0.29, 0.717) is 25.6 Å². The van der Waals surface area contributed by atoms with Crippen molar-refractivity contribution in [3.63, 3.8) is 0 Å². The maximum atomic E-state index is 12.3. The molecule has 0 bridgehead atoms. The van der Waals surface area contributed by atoms with Gasteiger partial charge in [-0.2, -0.15) is 0 Å². The van der Waals surface area contributed by atoms with E-state index in [4.69, 9.17) is 6.42 Å². The number of terminal acetylenes is 1. The molecule has 96 valence electrons. The quantitative estimate of drug-likeness (QED) is 0.721. The molecule has 1 aliphatic rings. The smallest absolute Gasteiger partial charge is 0.277 e. The monoisotopic (exact) mass is 248 g/mol. The zero-order valence-corrected chi connectivity index (χ0v) is 10.6. The van der Waals surface area contributed by atoms with Gasteiger partial charge < -0.3 is 10.0 Å². The van der Waals surface area contributed by atoms with Gasteiger partial charge in [0.25, 0.3) is 5.56 Å². The van der Waals surface area contributed by atoms with E-state index >= 15 is 0 Å². The third kappa shape index (κ3) is 1.87. The second-order valence-electron chi connectivity index (χ2n) is 4.97. The molecule has 0 aliphatic carbocycles. The van der Waals surface area contributed by atoms with Crippen LogP contribution >= 0.6 is 0 Å². The number of hydrogen-bond donors (Lipinski definition) is 1. The molecule has 0 fully saturated rings. The first-order valence-corrected chi connectivity index (χ1v) is 5.78. The van der Waals surface area contributed by atoms with Crippen LogP contribution in [0.1, 0.15) is 19.5 Å². The minimum atomic E-state index is -0.689. The molecule has 6 heteroatoms. The average molecular weight is 248 g/mol. The Balaban J connectivity index is 2.49.